The van der Waals surface area contributed by atoms with E-state index in [0.717, 1.165) is 0 Å². The van der Waals surface area contributed by atoms with Gasteiger partial charge >= 0.3 is 5.97 Å². The molecule has 4 atom stereocenters. The minimum Gasteiger partial charge on any atom is -0.453 e. The summed E-state index contributed by atoms with van der Waals surface area (Å²) in [5.41, 5.74) is 0.489. The lowest BCUT2D eigenvalue weighted by molar-refractivity contribution is -0.177. The van der Waals surface area contributed by atoms with Crippen LogP contribution >= 0.6 is 0 Å². The molecule has 20 heavy (non-hydrogen) atoms. The van der Waals surface area contributed by atoms with Gasteiger partial charge in [0, 0.05) is 14.2 Å². The maximum absolute atomic E-state index is 12.1. The maximum Gasteiger partial charge on any atom is 0.338 e. The van der Waals surface area contributed by atoms with E-state index in [2.05, 4.69) is 0 Å². The Morgan fingerprint density at radius 2 is 1.75 bits per heavy atom. The van der Waals surface area contributed by atoms with Crippen LogP contribution in [0.3, 0.4) is 0 Å². The highest BCUT2D eigenvalue weighted by atomic mass is 16.6. The quantitative estimate of drug-likeness (QED) is 0.787. The second-order valence-corrected chi connectivity index (χ2v) is 4.61. The van der Waals surface area contributed by atoms with Gasteiger partial charge in [0.2, 0.25) is 0 Å². The number of hydrogen-bond acceptors (Lipinski definition) is 5. The second kappa shape index (κ2) is 6.83. The van der Waals surface area contributed by atoms with E-state index in [1.807, 2.05) is 13.0 Å². The van der Waals surface area contributed by atoms with Crippen molar-refractivity contribution in [2.24, 2.45) is 0 Å². The summed E-state index contributed by atoms with van der Waals surface area (Å²) in [7, 11) is 3.14. The molecule has 5 nitrogen and oxygen atoms in total. The standard InChI is InChI=1S/C15H19O5/c1-10-13(17-2)14(18-3)12(9-19-10)20-15(16)11-7-5-4-6-8-11/h4-10,12-14H,1-3H3/t10-,12?,13-,14?/m1/s1. The number of carbonyl (C=O) groups excluding carboxylic acids is 1. The fraction of sp³-hybridized carbons (Fsp3) is 0.467. The Hall–Kier alpha value is -1.43. The highest BCUT2D eigenvalue weighted by Crippen LogP contribution is 2.25. The molecule has 2 unspecified atom stereocenters. The highest BCUT2D eigenvalue weighted by molar-refractivity contribution is 5.89. The van der Waals surface area contributed by atoms with E-state index >= 15 is 0 Å². The van der Waals surface area contributed by atoms with E-state index in [1.165, 1.54) is 6.61 Å². The summed E-state index contributed by atoms with van der Waals surface area (Å²) in [5.74, 6) is -0.415. The van der Waals surface area contributed by atoms with Gasteiger partial charge in [-0.2, -0.15) is 0 Å². The van der Waals surface area contributed by atoms with E-state index in [4.69, 9.17) is 18.9 Å². The third-order valence-corrected chi connectivity index (χ3v) is 3.33. The zero-order valence-corrected chi connectivity index (χ0v) is 11.8. The van der Waals surface area contributed by atoms with Crippen LogP contribution in [0.15, 0.2) is 30.3 Å². The zero-order chi connectivity index (χ0) is 14.5. The summed E-state index contributed by atoms with van der Waals surface area (Å²) in [6.07, 6.45) is -1.44. The zero-order valence-electron chi connectivity index (χ0n) is 11.8. The van der Waals surface area contributed by atoms with Crippen LogP contribution in [-0.2, 0) is 18.9 Å². The lowest BCUT2D eigenvalue weighted by Gasteiger charge is -2.38. The first-order chi connectivity index (χ1) is 9.67. The average molecular weight is 279 g/mol. The molecule has 0 aromatic heterocycles. The van der Waals surface area contributed by atoms with E-state index in [0.29, 0.717) is 5.56 Å². The molecule has 0 saturated carbocycles. The van der Waals surface area contributed by atoms with Crippen LogP contribution in [0.5, 0.6) is 0 Å². The molecule has 0 aliphatic carbocycles. The summed E-state index contributed by atoms with van der Waals surface area (Å²) in [4.78, 5) is 12.1. The molecular weight excluding hydrogens is 260 g/mol. The SMILES string of the molecule is COC1C(OC(=O)c2ccccc2)[CH]O[C@H](C)[C@H]1OC. The number of esters is 1. The molecule has 1 fully saturated rings. The number of ether oxygens (including phenoxy) is 4. The summed E-state index contributed by atoms with van der Waals surface area (Å²) in [6, 6.07) is 8.80. The third-order valence-electron chi connectivity index (χ3n) is 3.33. The molecule has 1 radical (unpaired) electrons. The average Bonchev–Trinajstić information content (AvgIpc) is 2.49. The van der Waals surface area contributed by atoms with Gasteiger partial charge in [-0.3, -0.25) is 0 Å². The van der Waals surface area contributed by atoms with Gasteiger partial charge < -0.3 is 18.9 Å². The van der Waals surface area contributed by atoms with Crippen molar-refractivity contribution < 1.29 is 23.7 Å². The number of hydrogen-bond donors (Lipinski definition) is 0. The topological polar surface area (TPSA) is 54.0 Å². The van der Waals surface area contributed by atoms with Crippen LogP contribution in [0.25, 0.3) is 0 Å². The van der Waals surface area contributed by atoms with E-state index in [1.54, 1.807) is 38.5 Å². The van der Waals surface area contributed by atoms with Crippen molar-refractivity contribution >= 4 is 5.97 Å². The predicted octanol–water partition coefficient (Wildman–Crippen LogP) is 1.82. The van der Waals surface area contributed by atoms with E-state index in [-0.39, 0.29) is 12.2 Å². The van der Waals surface area contributed by atoms with Crippen molar-refractivity contribution in [2.45, 2.75) is 31.3 Å². The fourth-order valence-corrected chi connectivity index (χ4v) is 2.27. The van der Waals surface area contributed by atoms with Crippen molar-refractivity contribution in [3.05, 3.63) is 42.5 Å². The summed E-state index contributed by atoms with van der Waals surface area (Å²) in [6.45, 7) is 3.38. The first-order valence-electron chi connectivity index (χ1n) is 6.47. The van der Waals surface area contributed by atoms with Crippen LogP contribution in [0, 0.1) is 6.61 Å². The summed E-state index contributed by atoms with van der Waals surface area (Å²) in [5, 5.41) is 0. The number of carbonyl (C=O) groups is 1. The number of methoxy groups -OCH3 is 2. The Kier molecular flexibility index (Phi) is 5.11. The van der Waals surface area contributed by atoms with Gasteiger partial charge in [0.25, 0.3) is 0 Å². The second-order valence-electron chi connectivity index (χ2n) is 4.61. The predicted molar refractivity (Wildman–Crippen MR) is 72.1 cm³/mol. The molecule has 1 aliphatic rings. The number of benzene rings is 1. The Morgan fingerprint density at radius 3 is 2.35 bits per heavy atom. The van der Waals surface area contributed by atoms with Gasteiger partial charge in [0.15, 0.2) is 6.10 Å². The Labute approximate surface area is 118 Å². The molecule has 1 heterocycles. The van der Waals surface area contributed by atoms with Crippen molar-refractivity contribution in [1.29, 1.82) is 0 Å². The van der Waals surface area contributed by atoms with Crippen molar-refractivity contribution in [3.8, 4) is 0 Å². The van der Waals surface area contributed by atoms with Crippen molar-refractivity contribution in [1.82, 2.24) is 0 Å². The lowest BCUT2D eigenvalue weighted by Crippen LogP contribution is -2.53. The van der Waals surface area contributed by atoms with E-state index in [9.17, 15) is 4.79 Å². The van der Waals surface area contributed by atoms with Crippen molar-refractivity contribution in [3.63, 3.8) is 0 Å². The van der Waals surface area contributed by atoms with Crippen molar-refractivity contribution in [2.75, 3.05) is 14.2 Å². The smallest absolute Gasteiger partial charge is 0.338 e. The van der Waals surface area contributed by atoms with Crippen LogP contribution in [0.4, 0.5) is 0 Å². The Balaban J connectivity index is 2.06. The van der Waals surface area contributed by atoms with Crippen LogP contribution in [0.2, 0.25) is 0 Å². The van der Waals surface area contributed by atoms with Gasteiger partial charge in [0.05, 0.1) is 11.7 Å². The molecule has 109 valence electrons. The molecule has 1 aromatic carbocycles. The molecule has 1 aliphatic heterocycles. The minimum atomic E-state index is -0.603. The molecule has 1 saturated heterocycles. The van der Waals surface area contributed by atoms with Crippen LogP contribution in [-0.4, -0.2) is 44.6 Å². The molecule has 0 bridgehead atoms. The lowest BCUT2D eigenvalue weighted by atomic mass is 10.0. The van der Waals surface area contributed by atoms with Crippen LogP contribution in [0.1, 0.15) is 17.3 Å². The fourth-order valence-electron chi connectivity index (χ4n) is 2.27. The first kappa shape index (κ1) is 15.0. The molecule has 1 aromatic rings. The Bertz CT molecular complexity index is 433. The molecule has 0 amide bonds. The third kappa shape index (κ3) is 3.17. The Morgan fingerprint density at radius 1 is 1.10 bits per heavy atom. The highest BCUT2D eigenvalue weighted by Gasteiger charge is 2.41. The molecule has 5 heteroatoms. The monoisotopic (exact) mass is 279 g/mol. The van der Waals surface area contributed by atoms with E-state index < -0.39 is 18.2 Å². The molecule has 2 rings (SSSR count). The minimum absolute atomic E-state index is 0.156. The number of rotatable bonds is 4. The summed E-state index contributed by atoms with van der Waals surface area (Å²) < 4.78 is 21.7. The maximum atomic E-state index is 12.1. The molecule has 0 spiro atoms. The first-order valence-corrected chi connectivity index (χ1v) is 6.47. The van der Waals surface area contributed by atoms with Gasteiger partial charge in [-0.25, -0.2) is 4.79 Å². The molecule has 0 N–H and O–H groups in total. The largest absolute Gasteiger partial charge is 0.453 e. The molecular formula is C15H19O5. The van der Waals surface area contributed by atoms with Gasteiger partial charge in [-0.15, -0.1) is 0 Å². The van der Waals surface area contributed by atoms with Gasteiger partial charge in [-0.1, -0.05) is 18.2 Å². The normalized spacial score (nSPS) is 29.9. The van der Waals surface area contributed by atoms with Gasteiger partial charge in [-0.05, 0) is 19.1 Å². The summed E-state index contributed by atoms with van der Waals surface area (Å²) >= 11 is 0. The van der Waals surface area contributed by atoms with Gasteiger partial charge in [0.1, 0.15) is 18.8 Å². The van der Waals surface area contributed by atoms with Crippen LogP contribution < -0.4 is 0 Å².